The highest BCUT2D eigenvalue weighted by atomic mass is 16.6. The van der Waals surface area contributed by atoms with Gasteiger partial charge in [0, 0.05) is 12.0 Å². The molecule has 1 N–H and O–H groups in total. The van der Waals surface area contributed by atoms with E-state index in [-0.39, 0.29) is 5.95 Å². The van der Waals surface area contributed by atoms with E-state index in [0.29, 0.717) is 36.9 Å². The fraction of sp³-hybridized carbons (Fsp3) is 0.857. The Morgan fingerprint density at radius 2 is 1.94 bits per heavy atom. The average Bonchev–Trinajstić information content (AvgIpc) is 3.26. The van der Waals surface area contributed by atoms with Gasteiger partial charge in [-0.1, -0.05) is 0 Å². The first-order chi connectivity index (χ1) is 8.79. The van der Waals surface area contributed by atoms with E-state index in [4.69, 9.17) is 14.2 Å². The first kappa shape index (κ1) is 11.1. The van der Waals surface area contributed by atoms with Gasteiger partial charge in [0.2, 0.25) is 0 Å². The minimum Gasteiger partial charge on any atom is -0.481 e. The van der Waals surface area contributed by atoms with E-state index in [9.17, 15) is 5.11 Å². The normalized spacial score (nSPS) is 47.9. The van der Waals surface area contributed by atoms with Crippen molar-refractivity contribution in [1.82, 2.24) is 0 Å². The van der Waals surface area contributed by atoms with Crippen LogP contribution in [0.1, 0.15) is 38.5 Å². The molecule has 4 nitrogen and oxygen atoms in total. The van der Waals surface area contributed by atoms with Crippen LogP contribution in [0.4, 0.5) is 0 Å². The molecule has 2 aliphatic heterocycles. The maximum absolute atomic E-state index is 9.99. The van der Waals surface area contributed by atoms with Crippen molar-refractivity contribution >= 4 is 0 Å². The van der Waals surface area contributed by atoms with E-state index >= 15 is 0 Å². The van der Waals surface area contributed by atoms with Gasteiger partial charge in [-0.05, 0) is 38.0 Å². The van der Waals surface area contributed by atoms with Gasteiger partial charge in [-0.25, -0.2) is 0 Å². The van der Waals surface area contributed by atoms with Gasteiger partial charge in [-0.2, -0.15) is 0 Å². The third-order valence-electron chi connectivity index (χ3n) is 4.74. The summed E-state index contributed by atoms with van der Waals surface area (Å²) in [7, 11) is 0. The second-order valence-corrected chi connectivity index (χ2v) is 6.07. The molecule has 4 heteroatoms. The van der Waals surface area contributed by atoms with Crippen molar-refractivity contribution < 1.29 is 19.3 Å². The molecule has 18 heavy (non-hydrogen) atoms. The fourth-order valence-corrected chi connectivity index (χ4v) is 3.41. The quantitative estimate of drug-likeness (QED) is 0.618. The Labute approximate surface area is 107 Å². The summed E-state index contributed by atoms with van der Waals surface area (Å²) in [5, 5.41) is 9.99. The van der Waals surface area contributed by atoms with Crippen molar-refractivity contribution in [2.75, 3.05) is 6.61 Å². The lowest BCUT2D eigenvalue weighted by Gasteiger charge is -2.20. The molecule has 2 aliphatic carbocycles. The second kappa shape index (κ2) is 4.14. The van der Waals surface area contributed by atoms with Crippen LogP contribution in [0.25, 0.3) is 0 Å². The summed E-state index contributed by atoms with van der Waals surface area (Å²) in [6.45, 7) is 0.636. The summed E-state index contributed by atoms with van der Waals surface area (Å²) in [5.74, 6) is 0.716. The second-order valence-electron chi connectivity index (χ2n) is 6.07. The number of fused-ring (bicyclic) bond motifs is 2. The average molecular weight is 252 g/mol. The van der Waals surface area contributed by atoms with E-state index in [1.165, 1.54) is 0 Å². The van der Waals surface area contributed by atoms with Crippen molar-refractivity contribution in [3.05, 3.63) is 11.5 Å². The first-order valence-corrected chi connectivity index (χ1v) is 7.14. The monoisotopic (exact) mass is 252 g/mol. The number of aliphatic hydroxyl groups is 1. The summed E-state index contributed by atoms with van der Waals surface area (Å²) in [5.41, 5.74) is 1.05. The Bertz CT molecular complexity index is 378. The summed E-state index contributed by atoms with van der Waals surface area (Å²) in [6.07, 6.45) is 8.08. The highest BCUT2D eigenvalue weighted by Gasteiger charge is 2.45. The Morgan fingerprint density at radius 1 is 1.11 bits per heavy atom. The predicted molar refractivity (Wildman–Crippen MR) is 64.1 cm³/mol. The molecule has 4 aliphatic rings. The van der Waals surface area contributed by atoms with Crippen molar-refractivity contribution in [2.45, 2.75) is 62.9 Å². The summed E-state index contributed by atoms with van der Waals surface area (Å²) < 4.78 is 16.5. The zero-order valence-corrected chi connectivity index (χ0v) is 10.5. The molecular weight excluding hydrogens is 232 g/mol. The molecule has 2 saturated carbocycles. The third kappa shape index (κ3) is 2.12. The van der Waals surface area contributed by atoms with Crippen molar-refractivity contribution in [3.8, 4) is 0 Å². The van der Waals surface area contributed by atoms with Gasteiger partial charge in [0.25, 0.3) is 5.95 Å². The van der Waals surface area contributed by atoms with E-state index in [2.05, 4.69) is 0 Å². The number of hydrogen-bond acceptors (Lipinski definition) is 4. The van der Waals surface area contributed by atoms with E-state index in [1.807, 2.05) is 0 Å². The van der Waals surface area contributed by atoms with Crippen molar-refractivity contribution in [2.24, 2.45) is 5.92 Å². The molecule has 100 valence electrons. The molecule has 2 saturated heterocycles. The van der Waals surface area contributed by atoms with Gasteiger partial charge in [-0.15, -0.1) is 0 Å². The molecule has 5 atom stereocenters. The molecule has 2 heterocycles. The van der Waals surface area contributed by atoms with Gasteiger partial charge in [0.05, 0.1) is 31.0 Å². The maximum Gasteiger partial charge on any atom is 0.275 e. The number of hydrogen-bond donors (Lipinski definition) is 1. The van der Waals surface area contributed by atoms with Crippen LogP contribution in [0.3, 0.4) is 0 Å². The van der Waals surface area contributed by atoms with Gasteiger partial charge >= 0.3 is 0 Å². The lowest BCUT2D eigenvalue weighted by atomic mass is 9.90. The topological polar surface area (TPSA) is 54.5 Å². The molecule has 0 aromatic rings. The van der Waals surface area contributed by atoms with Crippen LogP contribution < -0.4 is 0 Å². The molecular formula is C14H20O4. The molecule has 0 amide bonds. The van der Waals surface area contributed by atoms with Gasteiger partial charge in [-0.3, -0.25) is 0 Å². The van der Waals surface area contributed by atoms with Gasteiger partial charge < -0.3 is 19.3 Å². The van der Waals surface area contributed by atoms with Gasteiger partial charge in [0.1, 0.15) is 0 Å². The van der Waals surface area contributed by atoms with E-state index in [0.717, 1.165) is 44.1 Å². The highest BCUT2D eigenvalue weighted by molar-refractivity contribution is 5.13. The van der Waals surface area contributed by atoms with Crippen LogP contribution >= 0.6 is 0 Å². The lowest BCUT2D eigenvalue weighted by Crippen LogP contribution is -2.19. The Hall–Kier alpha value is -0.740. The highest BCUT2D eigenvalue weighted by Crippen LogP contribution is 2.41. The predicted octanol–water partition coefficient (Wildman–Crippen LogP) is 2.29. The third-order valence-corrected chi connectivity index (χ3v) is 4.74. The molecule has 4 rings (SSSR count). The van der Waals surface area contributed by atoms with Crippen molar-refractivity contribution in [1.29, 1.82) is 0 Å². The Kier molecular flexibility index (Phi) is 2.55. The van der Waals surface area contributed by atoms with E-state index in [1.54, 1.807) is 0 Å². The molecule has 0 bridgehead atoms. The Morgan fingerprint density at radius 3 is 2.78 bits per heavy atom. The van der Waals surface area contributed by atoms with Crippen LogP contribution in [-0.2, 0) is 14.2 Å². The van der Waals surface area contributed by atoms with E-state index < -0.39 is 0 Å². The molecule has 0 spiro atoms. The Balaban J connectivity index is 1.29. The smallest absolute Gasteiger partial charge is 0.275 e. The van der Waals surface area contributed by atoms with Crippen LogP contribution in [-0.4, -0.2) is 36.1 Å². The fourth-order valence-electron chi connectivity index (χ4n) is 3.41. The minimum atomic E-state index is 0.169. The number of epoxide rings is 2. The van der Waals surface area contributed by atoms with Crippen LogP contribution in [0, 0.1) is 5.92 Å². The molecule has 4 fully saturated rings. The molecule has 0 radical (unpaired) electrons. The number of rotatable bonds is 3. The van der Waals surface area contributed by atoms with Crippen LogP contribution in [0.15, 0.2) is 11.5 Å². The van der Waals surface area contributed by atoms with Gasteiger partial charge in [0.15, 0.2) is 0 Å². The summed E-state index contributed by atoms with van der Waals surface area (Å²) in [6, 6.07) is 0. The minimum absolute atomic E-state index is 0.169. The van der Waals surface area contributed by atoms with Crippen LogP contribution in [0.5, 0.6) is 0 Å². The standard InChI is InChI=1S/C14H20O4/c15-14(9-2-4-11-13(6-9)18-11)16-7-8-1-3-10-12(5-8)17-10/h8,10-13,15H,1-7H2/b14-9+. The van der Waals surface area contributed by atoms with Crippen molar-refractivity contribution in [3.63, 3.8) is 0 Å². The SMILES string of the molecule is O/C(OCC1CCC2OC2C1)=C1/CCC2OC2C1. The lowest BCUT2D eigenvalue weighted by molar-refractivity contribution is 0.0562. The van der Waals surface area contributed by atoms with Crippen LogP contribution in [0.2, 0.25) is 0 Å². The number of aliphatic hydroxyl groups excluding tert-OH is 1. The molecule has 0 aromatic heterocycles. The molecule has 0 aromatic carbocycles. The largest absolute Gasteiger partial charge is 0.481 e. The first-order valence-electron chi connectivity index (χ1n) is 7.14. The zero-order chi connectivity index (χ0) is 12.1. The zero-order valence-electron chi connectivity index (χ0n) is 10.5. The maximum atomic E-state index is 9.99. The molecule has 5 unspecified atom stereocenters. The summed E-state index contributed by atoms with van der Waals surface area (Å²) >= 11 is 0. The number of ether oxygens (including phenoxy) is 3. The summed E-state index contributed by atoms with van der Waals surface area (Å²) in [4.78, 5) is 0.